The largest absolute Gasteiger partial charge is 0.494 e. The molecule has 0 aliphatic carbocycles. The summed E-state index contributed by atoms with van der Waals surface area (Å²) in [5, 5.41) is 15.1. The number of hydrogen-bond acceptors (Lipinski definition) is 6. The van der Waals surface area contributed by atoms with Crippen LogP contribution in [0.15, 0.2) is 64.1 Å². The van der Waals surface area contributed by atoms with Gasteiger partial charge in [-0.2, -0.15) is 5.10 Å². The number of halogens is 1. The van der Waals surface area contributed by atoms with Crippen LogP contribution in [0.3, 0.4) is 0 Å². The SMILES string of the molecule is CCOc1ccc(C(=O)N/N=C/c2ccc(-c3cc([N+](=O)[O-])ccc3Cl)o2)cc1. The molecule has 0 saturated heterocycles. The molecule has 0 fully saturated rings. The lowest BCUT2D eigenvalue weighted by molar-refractivity contribution is -0.384. The quantitative estimate of drug-likeness (QED) is 0.344. The molecular weight excluding hydrogens is 398 g/mol. The Morgan fingerprint density at radius 2 is 2.00 bits per heavy atom. The molecule has 0 bridgehead atoms. The third-order valence-electron chi connectivity index (χ3n) is 3.84. The lowest BCUT2D eigenvalue weighted by atomic mass is 10.1. The van der Waals surface area contributed by atoms with Crippen LogP contribution in [-0.2, 0) is 0 Å². The van der Waals surface area contributed by atoms with Crippen LogP contribution >= 0.6 is 11.6 Å². The van der Waals surface area contributed by atoms with Crippen molar-refractivity contribution >= 4 is 29.4 Å². The van der Waals surface area contributed by atoms with E-state index in [9.17, 15) is 14.9 Å². The molecular formula is C20H16ClN3O5. The van der Waals surface area contributed by atoms with Gasteiger partial charge < -0.3 is 9.15 Å². The van der Waals surface area contributed by atoms with E-state index in [0.717, 1.165) is 0 Å². The van der Waals surface area contributed by atoms with E-state index < -0.39 is 10.8 Å². The number of carbonyl (C=O) groups excluding carboxylic acids is 1. The number of nitro groups is 1. The summed E-state index contributed by atoms with van der Waals surface area (Å²) in [6.45, 7) is 2.42. The number of nitrogens with one attached hydrogen (secondary N) is 1. The molecule has 2 aromatic carbocycles. The number of ether oxygens (including phenoxy) is 1. The fourth-order valence-corrected chi connectivity index (χ4v) is 2.68. The number of nitro benzene ring substituents is 1. The summed E-state index contributed by atoms with van der Waals surface area (Å²) in [5.74, 6) is 0.973. The van der Waals surface area contributed by atoms with Crippen molar-refractivity contribution in [2.75, 3.05) is 6.61 Å². The van der Waals surface area contributed by atoms with Crippen molar-refractivity contribution in [3.8, 4) is 17.1 Å². The lowest BCUT2D eigenvalue weighted by Crippen LogP contribution is -2.17. The Morgan fingerprint density at radius 3 is 2.69 bits per heavy atom. The van der Waals surface area contributed by atoms with Crippen LogP contribution in [0.25, 0.3) is 11.3 Å². The van der Waals surface area contributed by atoms with Crippen molar-refractivity contribution in [2.24, 2.45) is 5.10 Å². The highest BCUT2D eigenvalue weighted by Gasteiger charge is 2.14. The van der Waals surface area contributed by atoms with Gasteiger partial charge in [0.1, 0.15) is 17.3 Å². The van der Waals surface area contributed by atoms with E-state index in [1.54, 1.807) is 36.4 Å². The Labute approximate surface area is 170 Å². The molecule has 1 heterocycles. The van der Waals surface area contributed by atoms with Crippen LogP contribution in [-0.4, -0.2) is 23.7 Å². The van der Waals surface area contributed by atoms with Gasteiger partial charge in [0.2, 0.25) is 0 Å². The number of amides is 1. The molecule has 0 aliphatic rings. The van der Waals surface area contributed by atoms with Gasteiger partial charge in [-0.25, -0.2) is 5.43 Å². The third kappa shape index (κ3) is 4.99. The number of rotatable bonds is 7. The van der Waals surface area contributed by atoms with E-state index in [0.29, 0.717) is 40.0 Å². The number of carbonyl (C=O) groups is 1. The molecule has 0 aliphatic heterocycles. The molecule has 0 radical (unpaired) electrons. The van der Waals surface area contributed by atoms with Gasteiger partial charge in [0.05, 0.1) is 22.8 Å². The fraction of sp³-hybridized carbons (Fsp3) is 0.100. The molecule has 1 aromatic heterocycles. The predicted molar refractivity (Wildman–Crippen MR) is 108 cm³/mol. The maximum atomic E-state index is 12.1. The molecule has 0 atom stereocenters. The van der Waals surface area contributed by atoms with E-state index in [2.05, 4.69) is 10.5 Å². The molecule has 0 saturated carbocycles. The topological polar surface area (TPSA) is 107 Å². The molecule has 1 amide bonds. The Morgan fingerprint density at radius 1 is 1.24 bits per heavy atom. The minimum atomic E-state index is -0.512. The first-order valence-electron chi connectivity index (χ1n) is 8.58. The fourth-order valence-electron chi connectivity index (χ4n) is 2.47. The number of nitrogens with zero attached hydrogens (tertiary/aromatic N) is 2. The molecule has 3 aromatic rings. The zero-order chi connectivity index (χ0) is 20.8. The summed E-state index contributed by atoms with van der Waals surface area (Å²) in [5.41, 5.74) is 3.11. The molecule has 9 heteroatoms. The van der Waals surface area contributed by atoms with Gasteiger partial charge in [-0.1, -0.05) is 11.6 Å². The number of furan rings is 1. The average molecular weight is 414 g/mol. The van der Waals surface area contributed by atoms with Crippen molar-refractivity contribution in [1.82, 2.24) is 5.43 Å². The van der Waals surface area contributed by atoms with Crippen LogP contribution < -0.4 is 10.2 Å². The maximum Gasteiger partial charge on any atom is 0.271 e. The van der Waals surface area contributed by atoms with Crippen molar-refractivity contribution in [1.29, 1.82) is 0 Å². The Balaban J connectivity index is 1.67. The third-order valence-corrected chi connectivity index (χ3v) is 4.17. The van der Waals surface area contributed by atoms with Gasteiger partial charge in [-0.15, -0.1) is 0 Å². The van der Waals surface area contributed by atoms with Gasteiger partial charge in [0, 0.05) is 23.3 Å². The number of benzene rings is 2. The summed E-state index contributed by atoms with van der Waals surface area (Å²) in [6.07, 6.45) is 1.32. The van der Waals surface area contributed by atoms with Crippen LogP contribution in [0.1, 0.15) is 23.0 Å². The normalized spacial score (nSPS) is 10.8. The Hall–Kier alpha value is -3.65. The van der Waals surface area contributed by atoms with Crippen LogP contribution in [0.4, 0.5) is 5.69 Å². The molecule has 0 spiro atoms. The minimum absolute atomic E-state index is 0.0985. The van der Waals surface area contributed by atoms with Crippen molar-refractivity contribution in [3.63, 3.8) is 0 Å². The summed E-state index contributed by atoms with van der Waals surface area (Å²) >= 11 is 6.11. The summed E-state index contributed by atoms with van der Waals surface area (Å²) in [7, 11) is 0. The van der Waals surface area contributed by atoms with Gasteiger partial charge >= 0.3 is 0 Å². The average Bonchev–Trinajstić information content (AvgIpc) is 3.17. The molecule has 1 N–H and O–H groups in total. The van der Waals surface area contributed by atoms with Crippen LogP contribution in [0, 0.1) is 10.1 Å². The Bertz CT molecular complexity index is 1060. The second-order valence-corrected chi connectivity index (χ2v) is 6.19. The number of hydrazone groups is 1. The second-order valence-electron chi connectivity index (χ2n) is 5.78. The van der Waals surface area contributed by atoms with E-state index in [-0.39, 0.29) is 5.69 Å². The van der Waals surface area contributed by atoms with E-state index in [4.69, 9.17) is 20.8 Å². The predicted octanol–water partition coefficient (Wildman–Crippen LogP) is 4.67. The molecule has 3 rings (SSSR count). The molecule has 29 heavy (non-hydrogen) atoms. The lowest BCUT2D eigenvalue weighted by Gasteiger charge is -2.03. The van der Waals surface area contributed by atoms with Gasteiger partial charge in [-0.3, -0.25) is 14.9 Å². The van der Waals surface area contributed by atoms with Crippen LogP contribution in [0.5, 0.6) is 5.75 Å². The minimum Gasteiger partial charge on any atom is -0.494 e. The van der Waals surface area contributed by atoms with E-state index in [1.165, 1.54) is 24.4 Å². The van der Waals surface area contributed by atoms with Crippen LogP contribution in [0.2, 0.25) is 5.02 Å². The number of hydrogen-bond donors (Lipinski definition) is 1. The number of non-ortho nitro benzene ring substituents is 1. The zero-order valence-electron chi connectivity index (χ0n) is 15.3. The summed E-state index contributed by atoms with van der Waals surface area (Å²) in [6, 6.07) is 14.0. The molecule has 8 nitrogen and oxygen atoms in total. The maximum absolute atomic E-state index is 12.1. The Kier molecular flexibility index (Phi) is 6.25. The van der Waals surface area contributed by atoms with Crippen molar-refractivity contribution in [3.05, 3.63) is 81.1 Å². The van der Waals surface area contributed by atoms with Gasteiger partial charge in [0.15, 0.2) is 0 Å². The first-order chi connectivity index (χ1) is 14.0. The van der Waals surface area contributed by atoms with Crippen molar-refractivity contribution in [2.45, 2.75) is 6.92 Å². The highest BCUT2D eigenvalue weighted by molar-refractivity contribution is 6.33. The summed E-state index contributed by atoms with van der Waals surface area (Å²) < 4.78 is 10.9. The zero-order valence-corrected chi connectivity index (χ0v) is 16.1. The van der Waals surface area contributed by atoms with E-state index >= 15 is 0 Å². The van der Waals surface area contributed by atoms with Gasteiger partial charge in [-0.05, 0) is 49.4 Å². The van der Waals surface area contributed by atoms with Gasteiger partial charge in [0.25, 0.3) is 11.6 Å². The van der Waals surface area contributed by atoms with Crippen molar-refractivity contribution < 1.29 is 18.9 Å². The highest BCUT2D eigenvalue weighted by atomic mass is 35.5. The standard InChI is InChI=1S/C20H16ClN3O5/c1-2-28-15-6-3-13(4-7-15)20(25)23-22-12-16-8-10-19(29-16)17-11-14(24(26)27)5-9-18(17)21/h3-12H,2H2,1H3,(H,23,25)/b22-12+. The second kappa shape index (κ2) is 9.03. The molecule has 148 valence electrons. The smallest absolute Gasteiger partial charge is 0.271 e. The van der Waals surface area contributed by atoms with E-state index in [1.807, 2.05) is 6.92 Å². The highest BCUT2D eigenvalue weighted by Crippen LogP contribution is 2.32. The molecule has 0 unspecified atom stereocenters. The summed E-state index contributed by atoms with van der Waals surface area (Å²) in [4.78, 5) is 22.5. The first kappa shape index (κ1) is 20.1. The first-order valence-corrected chi connectivity index (χ1v) is 8.96. The monoisotopic (exact) mass is 413 g/mol.